The summed E-state index contributed by atoms with van der Waals surface area (Å²) in [4.78, 5) is 25.3. The van der Waals surface area contributed by atoms with Gasteiger partial charge in [-0.05, 0) is 45.0 Å². The number of rotatable bonds is 6. The Balaban J connectivity index is 2.16. The van der Waals surface area contributed by atoms with Gasteiger partial charge in [-0.15, -0.1) is 0 Å². The molecular weight excluding hydrogens is 332 g/mol. The minimum atomic E-state index is -1.29. The first kappa shape index (κ1) is 19.3. The zero-order chi connectivity index (χ0) is 19.3. The van der Waals surface area contributed by atoms with Crippen LogP contribution in [-0.4, -0.2) is 26.0 Å². The quantitative estimate of drug-likeness (QED) is 0.775. The van der Waals surface area contributed by atoms with E-state index in [1.807, 2.05) is 19.1 Å². The standard InChI is InChI=1S/C20H24N2O4/c1-13-6-8-14(9-7-13)21-18(23)20(2,3)19(24)22-16-12-15(25-4)10-11-17(16)26-5/h6-12H,1-5H3,(H,21,23)(H,22,24). The van der Waals surface area contributed by atoms with Gasteiger partial charge < -0.3 is 20.1 Å². The summed E-state index contributed by atoms with van der Waals surface area (Å²) < 4.78 is 10.4. The molecule has 0 saturated heterocycles. The van der Waals surface area contributed by atoms with Gasteiger partial charge in [-0.1, -0.05) is 17.7 Å². The highest BCUT2D eigenvalue weighted by atomic mass is 16.5. The average Bonchev–Trinajstić information content (AvgIpc) is 2.63. The van der Waals surface area contributed by atoms with Gasteiger partial charge in [0.25, 0.3) is 0 Å². The number of hydrogen-bond donors (Lipinski definition) is 2. The van der Waals surface area contributed by atoms with Crippen LogP contribution in [0.4, 0.5) is 11.4 Å². The molecule has 0 heterocycles. The van der Waals surface area contributed by atoms with E-state index in [0.717, 1.165) is 5.56 Å². The minimum absolute atomic E-state index is 0.402. The Morgan fingerprint density at radius 1 is 0.885 bits per heavy atom. The molecule has 0 aliphatic heterocycles. The average molecular weight is 356 g/mol. The van der Waals surface area contributed by atoms with Crippen LogP contribution in [-0.2, 0) is 9.59 Å². The van der Waals surface area contributed by atoms with E-state index in [-0.39, 0.29) is 0 Å². The summed E-state index contributed by atoms with van der Waals surface area (Å²) in [6.07, 6.45) is 0. The number of carbonyl (C=O) groups excluding carboxylic acids is 2. The van der Waals surface area contributed by atoms with E-state index in [0.29, 0.717) is 22.9 Å². The highest BCUT2D eigenvalue weighted by molar-refractivity contribution is 6.14. The molecule has 26 heavy (non-hydrogen) atoms. The van der Waals surface area contributed by atoms with Gasteiger partial charge in [0.05, 0.1) is 19.9 Å². The summed E-state index contributed by atoms with van der Waals surface area (Å²) in [7, 11) is 3.04. The minimum Gasteiger partial charge on any atom is -0.497 e. The molecule has 2 aromatic carbocycles. The first-order valence-electron chi connectivity index (χ1n) is 8.19. The van der Waals surface area contributed by atoms with Crippen molar-refractivity contribution < 1.29 is 19.1 Å². The van der Waals surface area contributed by atoms with E-state index >= 15 is 0 Å². The van der Waals surface area contributed by atoms with Gasteiger partial charge in [0.1, 0.15) is 16.9 Å². The van der Waals surface area contributed by atoms with Gasteiger partial charge in [-0.25, -0.2) is 0 Å². The molecule has 0 aromatic heterocycles. The molecule has 0 fully saturated rings. The highest BCUT2D eigenvalue weighted by Crippen LogP contribution is 2.31. The Morgan fingerprint density at radius 2 is 1.50 bits per heavy atom. The van der Waals surface area contributed by atoms with Crippen molar-refractivity contribution in [2.45, 2.75) is 20.8 Å². The Labute approximate surface area is 153 Å². The fraction of sp³-hybridized carbons (Fsp3) is 0.300. The molecule has 0 saturated carbocycles. The molecule has 0 radical (unpaired) electrons. The predicted molar refractivity (Wildman–Crippen MR) is 102 cm³/mol. The van der Waals surface area contributed by atoms with Crippen LogP contribution in [0.15, 0.2) is 42.5 Å². The van der Waals surface area contributed by atoms with Crippen molar-refractivity contribution in [2.24, 2.45) is 5.41 Å². The number of nitrogens with one attached hydrogen (secondary N) is 2. The third-order valence-corrected chi connectivity index (χ3v) is 4.10. The van der Waals surface area contributed by atoms with Crippen LogP contribution in [0.3, 0.4) is 0 Å². The summed E-state index contributed by atoms with van der Waals surface area (Å²) in [5.41, 5.74) is 0.873. The molecule has 2 N–H and O–H groups in total. The first-order chi connectivity index (χ1) is 12.3. The number of hydrogen-bond acceptors (Lipinski definition) is 4. The second-order valence-electron chi connectivity index (χ2n) is 6.47. The number of benzene rings is 2. The van der Waals surface area contributed by atoms with Crippen molar-refractivity contribution in [3.05, 3.63) is 48.0 Å². The highest BCUT2D eigenvalue weighted by Gasteiger charge is 2.36. The second kappa shape index (κ2) is 7.91. The van der Waals surface area contributed by atoms with Crippen molar-refractivity contribution in [1.29, 1.82) is 0 Å². The number of carbonyl (C=O) groups is 2. The maximum Gasteiger partial charge on any atom is 0.239 e. The Hall–Kier alpha value is -3.02. The van der Waals surface area contributed by atoms with Crippen LogP contribution in [0.2, 0.25) is 0 Å². The summed E-state index contributed by atoms with van der Waals surface area (Å²) in [6.45, 7) is 5.10. The van der Waals surface area contributed by atoms with E-state index in [1.165, 1.54) is 14.2 Å². The SMILES string of the molecule is COc1ccc(OC)c(NC(=O)C(C)(C)C(=O)Nc2ccc(C)cc2)c1. The lowest BCUT2D eigenvalue weighted by Gasteiger charge is -2.23. The molecule has 6 nitrogen and oxygen atoms in total. The third-order valence-electron chi connectivity index (χ3n) is 4.10. The van der Waals surface area contributed by atoms with Crippen molar-refractivity contribution >= 4 is 23.2 Å². The number of aryl methyl sites for hydroxylation is 1. The zero-order valence-corrected chi connectivity index (χ0v) is 15.7. The van der Waals surface area contributed by atoms with Gasteiger partial charge in [0, 0.05) is 11.8 Å². The molecule has 0 atom stereocenters. The molecule has 0 aliphatic rings. The normalized spacial score (nSPS) is 10.8. The summed E-state index contributed by atoms with van der Waals surface area (Å²) in [6, 6.07) is 12.4. The molecule has 0 spiro atoms. The van der Waals surface area contributed by atoms with Gasteiger partial charge in [0.2, 0.25) is 11.8 Å². The predicted octanol–water partition coefficient (Wildman–Crippen LogP) is 3.62. The largest absolute Gasteiger partial charge is 0.497 e. The summed E-state index contributed by atoms with van der Waals surface area (Å²) in [5, 5.41) is 5.52. The summed E-state index contributed by atoms with van der Waals surface area (Å²) in [5.74, 6) is 0.200. The van der Waals surface area contributed by atoms with E-state index in [9.17, 15) is 9.59 Å². The summed E-state index contributed by atoms with van der Waals surface area (Å²) >= 11 is 0. The fourth-order valence-corrected chi connectivity index (χ4v) is 2.22. The van der Waals surface area contributed by atoms with Crippen molar-refractivity contribution in [3.63, 3.8) is 0 Å². The Morgan fingerprint density at radius 3 is 2.08 bits per heavy atom. The van der Waals surface area contributed by atoms with E-state index < -0.39 is 17.2 Å². The lowest BCUT2D eigenvalue weighted by atomic mass is 9.90. The number of anilines is 2. The van der Waals surface area contributed by atoms with Crippen molar-refractivity contribution in [1.82, 2.24) is 0 Å². The van der Waals surface area contributed by atoms with Crippen LogP contribution in [0, 0.1) is 12.3 Å². The topological polar surface area (TPSA) is 76.7 Å². The lowest BCUT2D eigenvalue weighted by molar-refractivity contribution is -0.135. The van der Waals surface area contributed by atoms with Crippen molar-refractivity contribution in [3.8, 4) is 11.5 Å². The van der Waals surface area contributed by atoms with Gasteiger partial charge in [-0.2, -0.15) is 0 Å². The maximum atomic E-state index is 12.7. The maximum absolute atomic E-state index is 12.7. The monoisotopic (exact) mass is 356 g/mol. The zero-order valence-electron chi connectivity index (χ0n) is 15.7. The molecule has 0 aliphatic carbocycles. The van der Waals surface area contributed by atoms with Crippen LogP contribution in [0.1, 0.15) is 19.4 Å². The molecule has 2 amide bonds. The molecule has 0 unspecified atom stereocenters. The number of amides is 2. The smallest absolute Gasteiger partial charge is 0.239 e. The fourth-order valence-electron chi connectivity index (χ4n) is 2.22. The van der Waals surface area contributed by atoms with E-state index in [4.69, 9.17) is 9.47 Å². The first-order valence-corrected chi connectivity index (χ1v) is 8.19. The van der Waals surface area contributed by atoms with E-state index in [2.05, 4.69) is 10.6 Å². The van der Waals surface area contributed by atoms with Crippen molar-refractivity contribution in [2.75, 3.05) is 24.9 Å². The third kappa shape index (κ3) is 4.33. The number of methoxy groups -OCH3 is 2. The lowest BCUT2D eigenvalue weighted by Crippen LogP contribution is -2.41. The number of ether oxygens (including phenoxy) is 2. The van der Waals surface area contributed by atoms with Gasteiger partial charge >= 0.3 is 0 Å². The molecule has 6 heteroatoms. The van der Waals surface area contributed by atoms with Gasteiger partial charge in [0.15, 0.2) is 0 Å². The molecule has 138 valence electrons. The molecular formula is C20H24N2O4. The van der Waals surface area contributed by atoms with Crippen LogP contribution < -0.4 is 20.1 Å². The Kier molecular flexibility index (Phi) is 5.87. The van der Waals surface area contributed by atoms with Crippen LogP contribution in [0.25, 0.3) is 0 Å². The Bertz CT molecular complexity index is 798. The van der Waals surface area contributed by atoms with E-state index in [1.54, 1.807) is 44.2 Å². The van der Waals surface area contributed by atoms with Crippen LogP contribution in [0.5, 0.6) is 11.5 Å². The molecule has 0 bridgehead atoms. The molecule has 2 aromatic rings. The second-order valence-corrected chi connectivity index (χ2v) is 6.47. The van der Waals surface area contributed by atoms with Gasteiger partial charge in [-0.3, -0.25) is 9.59 Å². The molecule has 2 rings (SSSR count). The van der Waals surface area contributed by atoms with Crippen LogP contribution >= 0.6 is 0 Å².